The fourth-order valence-electron chi connectivity index (χ4n) is 5.10. The van der Waals surface area contributed by atoms with Gasteiger partial charge in [-0.05, 0) is 105 Å². The lowest BCUT2D eigenvalue weighted by Gasteiger charge is -2.42. The molecule has 3 heteroatoms. The second-order valence-electron chi connectivity index (χ2n) is 8.42. The summed E-state index contributed by atoms with van der Waals surface area (Å²) in [6.45, 7) is 2.90. The summed E-state index contributed by atoms with van der Waals surface area (Å²) in [6, 6.07) is 12.9. The van der Waals surface area contributed by atoms with Gasteiger partial charge in [-0.15, -0.1) is 0 Å². The lowest BCUT2D eigenvalue weighted by Crippen LogP contribution is -2.33. The van der Waals surface area contributed by atoms with Crippen LogP contribution in [0.4, 0.5) is 4.39 Å². The highest BCUT2D eigenvalue weighted by molar-refractivity contribution is 6.30. The predicted octanol–water partition coefficient (Wildman–Crippen LogP) is 6.97. The number of hydrogen-bond donors (Lipinski definition) is 0. The largest absolute Gasteiger partial charge is 0.378 e. The van der Waals surface area contributed by atoms with Gasteiger partial charge in [-0.2, -0.15) is 0 Å². The molecule has 152 valence electrons. The van der Waals surface area contributed by atoms with Gasteiger partial charge in [0.2, 0.25) is 0 Å². The quantitative estimate of drug-likeness (QED) is 0.496. The highest BCUT2D eigenvalue weighted by atomic mass is 35.5. The average molecular weight is 411 g/mol. The maximum absolute atomic E-state index is 14.7. The lowest BCUT2D eigenvalue weighted by atomic mass is 9.65. The first-order valence-electron chi connectivity index (χ1n) is 10.8. The Balaban J connectivity index is 1.42. The first-order chi connectivity index (χ1) is 14.1. The van der Waals surface area contributed by atoms with E-state index in [0.29, 0.717) is 22.6 Å². The molecule has 0 amide bonds. The van der Waals surface area contributed by atoms with Gasteiger partial charge in [0, 0.05) is 17.2 Å². The second-order valence-corrected chi connectivity index (χ2v) is 8.85. The monoisotopic (exact) mass is 410 g/mol. The summed E-state index contributed by atoms with van der Waals surface area (Å²) in [5.74, 6) is 7.77. The molecule has 2 saturated carbocycles. The molecule has 2 aromatic rings. The maximum atomic E-state index is 14.7. The summed E-state index contributed by atoms with van der Waals surface area (Å²) in [7, 11) is 0. The summed E-state index contributed by atoms with van der Waals surface area (Å²) in [5, 5.41) is 0.673. The highest BCUT2D eigenvalue weighted by Gasteiger charge is 2.36. The van der Waals surface area contributed by atoms with E-state index in [9.17, 15) is 4.39 Å². The third kappa shape index (κ3) is 5.03. The Kier molecular flexibility index (Phi) is 6.58. The van der Waals surface area contributed by atoms with Crippen molar-refractivity contribution in [2.24, 2.45) is 11.8 Å². The molecule has 2 aromatic carbocycles. The van der Waals surface area contributed by atoms with Crippen molar-refractivity contribution in [3.8, 4) is 11.8 Å². The minimum Gasteiger partial charge on any atom is -0.378 e. The molecule has 0 spiro atoms. The number of fused-ring (bicyclic) bond motifs is 1. The van der Waals surface area contributed by atoms with Crippen LogP contribution in [0.15, 0.2) is 42.5 Å². The molecular formula is C26H28ClFO. The molecule has 2 fully saturated rings. The Morgan fingerprint density at radius 3 is 2.48 bits per heavy atom. The van der Waals surface area contributed by atoms with E-state index in [1.54, 1.807) is 18.2 Å². The van der Waals surface area contributed by atoms with E-state index in [4.69, 9.17) is 16.3 Å². The summed E-state index contributed by atoms with van der Waals surface area (Å²) in [5.41, 5.74) is 2.42. The fraction of sp³-hybridized carbons (Fsp3) is 0.462. The molecule has 4 atom stereocenters. The van der Waals surface area contributed by atoms with Crippen molar-refractivity contribution in [1.29, 1.82) is 0 Å². The zero-order valence-electron chi connectivity index (χ0n) is 17.0. The molecule has 1 nitrogen and oxygen atoms in total. The van der Waals surface area contributed by atoms with Gasteiger partial charge in [0.05, 0.1) is 11.7 Å². The molecule has 2 aliphatic rings. The molecule has 0 bridgehead atoms. The molecule has 4 unspecified atom stereocenters. The van der Waals surface area contributed by atoms with Gasteiger partial charge in [-0.3, -0.25) is 0 Å². The van der Waals surface area contributed by atoms with Gasteiger partial charge in [-0.25, -0.2) is 4.39 Å². The van der Waals surface area contributed by atoms with Crippen LogP contribution in [0.1, 0.15) is 68.1 Å². The van der Waals surface area contributed by atoms with Crippen molar-refractivity contribution in [1.82, 2.24) is 0 Å². The standard InChI is InChI=1S/C26H28ClFO/c1-2-29-25-14-11-21-15-20(9-10-22(21)16-25)23-8-7-19(26(28)17-23)6-3-18-4-12-24(27)13-5-18/h4-5,7-8,12-13,17,20-22,25H,2,9-11,14-16H2,1H3. The van der Waals surface area contributed by atoms with E-state index in [-0.39, 0.29) is 5.82 Å². The number of rotatable bonds is 3. The number of hydrogen-bond acceptors (Lipinski definition) is 1. The summed E-state index contributed by atoms with van der Waals surface area (Å²) < 4.78 is 20.6. The van der Waals surface area contributed by atoms with Crippen LogP contribution >= 0.6 is 11.6 Å². The minimum absolute atomic E-state index is 0.217. The number of ether oxygens (including phenoxy) is 1. The molecule has 2 aliphatic carbocycles. The molecule has 4 rings (SSSR count). The summed E-state index contributed by atoms with van der Waals surface area (Å²) in [4.78, 5) is 0. The van der Waals surface area contributed by atoms with Crippen LogP contribution in [0.3, 0.4) is 0 Å². The molecule has 0 N–H and O–H groups in total. The normalized spacial score (nSPS) is 26.3. The van der Waals surface area contributed by atoms with Crippen LogP contribution in [0.5, 0.6) is 0 Å². The maximum Gasteiger partial charge on any atom is 0.139 e. The first-order valence-corrected chi connectivity index (χ1v) is 11.2. The molecule has 29 heavy (non-hydrogen) atoms. The average Bonchev–Trinajstić information content (AvgIpc) is 2.74. The lowest BCUT2D eigenvalue weighted by molar-refractivity contribution is -0.00956. The Morgan fingerprint density at radius 1 is 0.966 bits per heavy atom. The predicted molar refractivity (Wildman–Crippen MR) is 117 cm³/mol. The SMILES string of the molecule is CCOC1CCC2CC(c3ccc(C#Cc4ccc(Cl)cc4)c(F)c3)CCC2C1. The van der Waals surface area contributed by atoms with Gasteiger partial charge >= 0.3 is 0 Å². The van der Waals surface area contributed by atoms with E-state index in [2.05, 4.69) is 24.8 Å². The first kappa shape index (κ1) is 20.5. The molecule has 0 heterocycles. The van der Waals surface area contributed by atoms with Crippen LogP contribution in [0.2, 0.25) is 5.02 Å². The van der Waals surface area contributed by atoms with Crippen molar-refractivity contribution >= 4 is 11.6 Å². The Bertz CT molecular complexity index is 895. The van der Waals surface area contributed by atoms with Crippen LogP contribution in [0.25, 0.3) is 0 Å². The van der Waals surface area contributed by atoms with E-state index >= 15 is 0 Å². The van der Waals surface area contributed by atoms with E-state index < -0.39 is 0 Å². The van der Waals surface area contributed by atoms with Crippen LogP contribution in [0, 0.1) is 29.5 Å². The third-order valence-corrected chi connectivity index (χ3v) is 6.87. The van der Waals surface area contributed by atoms with Crippen LogP contribution < -0.4 is 0 Å². The molecular weight excluding hydrogens is 383 g/mol. The zero-order valence-corrected chi connectivity index (χ0v) is 17.7. The zero-order chi connectivity index (χ0) is 20.2. The summed E-state index contributed by atoms with van der Waals surface area (Å²) in [6.07, 6.45) is 7.65. The van der Waals surface area contributed by atoms with Crippen molar-refractivity contribution in [3.05, 3.63) is 70.0 Å². The van der Waals surface area contributed by atoms with Gasteiger partial charge in [0.15, 0.2) is 0 Å². The Labute approximate surface area is 178 Å². The van der Waals surface area contributed by atoms with E-state index in [0.717, 1.165) is 36.0 Å². The molecule has 0 aliphatic heterocycles. The third-order valence-electron chi connectivity index (χ3n) is 6.62. The van der Waals surface area contributed by atoms with Crippen LogP contribution in [-0.4, -0.2) is 12.7 Å². The van der Waals surface area contributed by atoms with Gasteiger partial charge in [-0.1, -0.05) is 29.5 Å². The number of halogens is 2. The molecule has 0 radical (unpaired) electrons. The molecule has 0 aromatic heterocycles. The highest BCUT2D eigenvalue weighted by Crippen LogP contribution is 2.46. The smallest absolute Gasteiger partial charge is 0.139 e. The van der Waals surface area contributed by atoms with Crippen molar-refractivity contribution in [2.75, 3.05) is 6.61 Å². The van der Waals surface area contributed by atoms with Gasteiger partial charge in [0.25, 0.3) is 0 Å². The van der Waals surface area contributed by atoms with Gasteiger partial charge in [0.1, 0.15) is 5.82 Å². The van der Waals surface area contributed by atoms with Crippen molar-refractivity contribution < 1.29 is 9.13 Å². The summed E-state index contributed by atoms with van der Waals surface area (Å²) >= 11 is 5.89. The van der Waals surface area contributed by atoms with E-state index in [1.165, 1.54) is 32.1 Å². The number of benzene rings is 2. The van der Waals surface area contributed by atoms with Gasteiger partial charge < -0.3 is 4.74 Å². The van der Waals surface area contributed by atoms with Crippen LogP contribution in [-0.2, 0) is 4.74 Å². The topological polar surface area (TPSA) is 9.23 Å². The van der Waals surface area contributed by atoms with Crippen molar-refractivity contribution in [2.45, 2.75) is 57.5 Å². The Morgan fingerprint density at radius 2 is 1.72 bits per heavy atom. The van der Waals surface area contributed by atoms with Crippen molar-refractivity contribution in [3.63, 3.8) is 0 Å². The van der Waals surface area contributed by atoms with E-state index in [1.807, 2.05) is 18.2 Å². The minimum atomic E-state index is -0.217. The second kappa shape index (κ2) is 9.33. The Hall–Kier alpha value is -1.82. The fourth-order valence-corrected chi connectivity index (χ4v) is 5.22. The molecule has 0 saturated heterocycles.